The van der Waals surface area contributed by atoms with Crippen molar-refractivity contribution in [1.82, 2.24) is 9.97 Å². The molecule has 0 aliphatic heterocycles. The molecule has 1 heterocycles. The van der Waals surface area contributed by atoms with E-state index in [1.54, 1.807) is 0 Å². The van der Waals surface area contributed by atoms with Gasteiger partial charge in [-0.25, -0.2) is 0 Å². The topological polar surface area (TPSA) is 119 Å². The Labute approximate surface area is 134 Å². The highest BCUT2D eigenvalue weighted by molar-refractivity contribution is 5.74. The lowest BCUT2D eigenvalue weighted by Gasteiger charge is -2.14. The molecular formula is C15H20N6O2. The number of nitro groups is 1. The van der Waals surface area contributed by atoms with Gasteiger partial charge in [0.25, 0.3) is 0 Å². The van der Waals surface area contributed by atoms with Crippen LogP contribution in [0.5, 0.6) is 0 Å². The quantitative estimate of drug-likeness (QED) is 0.553. The third-order valence-corrected chi connectivity index (χ3v) is 3.40. The Kier molecular flexibility index (Phi) is 4.95. The molecule has 0 fully saturated rings. The van der Waals surface area contributed by atoms with E-state index in [2.05, 4.69) is 20.6 Å². The van der Waals surface area contributed by atoms with Gasteiger partial charge in [-0.15, -0.1) is 0 Å². The first-order chi connectivity index (χ1) is 10.9. The number of rotatable bonds is 6. The number of anilines is 4. The van der Waals surface area contributed by atoms with Gasteiger partial charge < -0.3 is 16.4 Å². The maximum Gasteiger partial charge on any atom is 0.353 e. The van der Waals surface area contributed by atoms with Crippen LogP contribution in [0.25, 0.3) is 0 Å². The van der Waals surface area contributed by atoms with E-state index in [9.17, 15) is 10.1 Å². The van der Waals surface area contributed by atoms with Crippen molar-refractivity contribution in [2.75, 3.05) is 16.4 Å². The molecule has 8 nitrogen and oxygen atoms in total. The van der Waals surface area contributed by atoms with E-state index in [4.69, 9.17) is 5.73 Å². The lowest BCUT2D eigenvalue weighted by atomic mass is 10.2. The molecule has 0 aliphatic rings. The zero-order valence-electron chi connectivity index (χ0n) is 13.3. The summed E-state index contributed by atoms with van der Waals surface area (Å²) in [6, 6.07) is 7.56. The Morgan fingerprint density at radius 2 is 1.96 bits per heavy atom. The van der Waals surface area contributed by atoms with E-state index in [1.165, 1.54) is 0 Å². The molecule has 0 amide bonds. The number of benzene rings is 1. The Bertz CT molecular complexity index is 702. The molecule has 1 aromatic carbocycles. The fourth-order valence-electron chi connectivity index (χ4n) is 1.90. The smallest absolute Gasteiger partial charge is 0.353 e. The fraction of sp³-hybridized carbons (Fsp3) is 0.333. The van der Waals surface area contributed by atoms with Gasteiger partial charge in [0.1, 0.15) is 0 Å². The number of hydrogen-bond acceptors (Lipinski definition) is 7. The first kappa shape index (κ1) is 16.5. The minimum absolute atomic E-state index is 0.0668. The molecule has 1 aromatic heterocycles. The highest BCUT2D eigenvalue weighted by Gasteiger charge is 2.23. The van der Waals surface area contributed by atoms with Gasteiger partial charge in [0, 0.05) is 11.7 Å². The normalized spacial score (nSPS) is 11.8. The summed E-state index contributed by atoms with van der Waals surface area (Å²) in [5.74, 6) is 0.152. The summed E-state index contributed by atoms with van der Waals surface area (Å²) in [4.78, 5) is 18.9. The van der Waals surface area contributed by atoms with Crippen LogP contribution in [-0.4, -0.2) is 20.9 Å². The molecular weight excluding hydrogens is 296 g/mol. The summed E-state index contributed by atoms with van der Waals surface area (Å²) in [7, 11) is 0. The molecule has 122 valence electrons. The van der Waals surface area contributed by atoms with Crippen LogP contribution >= 0.6 is 0 Å². The molecule has 0 aliphatic carbocycles. The summed E-state index contributed by atoms with van der Waals surface area (Å²) < 4.78 is 0. The molecule has 0 saturated heterocycles. The van der Waals surface area contributed by atoms with Gasteiger partial charge in [-0.1, -0.05) is 24.6 Å². The van der Waals surface area contributed by atoms with Crippen molar-refractivity contribution < 1.29 is 4.92 Å². The highest BCUT2D eigenvalue weighted by atomic mass is 16.6. The van der Waals surface area contributed by atoms with Crippen LogP contribution in [0.1, 0.15) is 25.8 Å². The second-order valence-electron chi connectivity index (χ2n) is 5.33. The van der Waals surface area contributed by atoms with Gasteiger partial charge in [-0.05, 0) is 32.4 Å². The number of nitrogen functional groups attached to an aromatic ring is 1. The second kappa shape index (κ2) is 6.91. The second-order valence-corrected chi connectivity index (χ2v) is 5.33. The average Bonchev–Trinajstić information content (AvgIpc) is 2.48. The first-order valence-electron chi connectivity index (χ1n) is 7.32. The number of aromatic nitrogens is 2. The van der Waals surface area contributed by atoms with Crippen molar-refractivity contribution in [2.45, 2.75) is 33.2 Å². The number of hydrogen-bond donors (Lipinski definition) is 3. The van der Waals surface area contributed by atoms with Crippen molar-refractivity contribution in [1.29, 1.82) is 0 Å². The van der Waals surface area contributed by atoms with Crippen LogP contribution < -0.4 is 16.4 Å². The average molecular weight is 316 g/mol. The van der Waals surface area contributed by atoms with Crippen molar-refractivity contribution >= 4 is 29.0 Å². The highest BCUT2D eigenvalue weighted by Crippen LogP contribution is 2.31. The first-order valence-corrected chi connectivity index (χ1v) is 7.32. The van der Waals surface area contributed by atoms with Crippen LogP contribution in [0.4, 0.5) is 29.0 Å². The molecule has 4 N–H and O–H groups in total. The number of aryl methyl sites for hydroxylation is 1. The van der Waals surface area contributed by atoms with Gasteiger partial charge in [0.05, 0.1) is 4.92 Å². The summed E-state index contributed by atoms with van der Waals surface area (Å²) in [5.41, 5.74) is 7.19. The number of nitrogens with one attached hydrogen (secondary N) is 2. The Morgan fingerprint density at radius 3 is 2.52 bits per heavy atom. The zero-order valence-corrected chi connectivity index (χ0v) is 13.3. The largest absolute Gasteiger partial charge is 0.378 e. The van der Waals surface area contributed by atoms with Crippen molar-refractivity contribution in [3.05, 3.63) is 39.9 Å². The fourth-order valence-corrected chi connectivity index (χ4v) is 1.90. The van der Waals surface area contributed by atoms with E-state index < -0.39 is 4.92 Å². The van der Waals surface area contributed by atoms with Gasteiger partial charge in [0.15, 0.2) is 0 Å². The van der Waals surface area contributed by atoms with E-state index >= 15 is 0 Å². The molecule has 1 atom stereocenters. The number of nitrogens with zero attached hydrogens (tertiary/aromatic N) is 3. The van der Waals surface area contributed by atoms with Crippen LogP contribution in [0.2, 0.25) is 0 Å². The third-order valence-electron chi connectivity index (χ3n) is 3.40. The third kappa shape index (κ3) is 4.06. The van der Waals surface area contributed by atoms with Crippen molar-refractivity contribution in [3.63, 3.8) is 0 Å². The van der Waals surface area contributed by atoms with Crippen molar-refractivity contribution in [2.24, 2.45) is 0 Å². The van der Waals surface area contributed by atoms with Crippen molar-refractivity contribution in [3.8, 4) is 0 Å². The summed E-state index contributed by atoms with van der Waals surface area (Å²) in [6.45, 7) is 5.94. The molecule has 1 unspecified atom stereocenters. The van der Waals surface area contributed by atoms with Crippen LogP contribution in [0.15, 0.2) is 24.3 Å². The SMILES string of the molecule is CCC(C)Nc1nc(N)c([N+](=O)[O-])c(Nc2ccc(C)cc2)n1. The Hall–Kier alpha value is -2.90. The van der Waals surface area contributed by atoms with Gasteiger partial charge in [-0.2, -0.15) is 9.97 Å². The van der Waals surface area contributed by atoms with Gasteiger partial charge >= 0.3 is 5.69 Å². The minimum atomic E-state index is -0.584. The summed E-state index contributed by atoms with van der Waals surface area (Å²) >= 11 is 0. The number of nitrogens with two attached hydrogens (primary N) is 1. The molecule has 0 saturated carbocycles. The molecule has 0 radical (unpaired) electrons. The maximum absolute atomic E-state index is 11.3. The summed E-state index contributed by atoms with van der Waals surface area (Å²) in [5, 5.41) is 17.3. The van der Waals surface area contributed by atoms with E-state index in [1.807, 2.05) is 45.0 Å². The van der Waals surface area contributed by atoms with E-state index in [0.717, 1.165) is 12.0 Å². The Morgan fingerprint density at radius 1 is 1.30 bits per heavy atom. The maximum atomic E-state index is 11.3. The molecule has 2 rings (SSSR count). The molecule has 2 aromatic rings. The van der Waals surface area contributed by atoms with E-state index in [0.29, 0.717) is 5.69 Å². The summed E-state index contributed by atoms with van der Waals surface area (Å²) in [6.07, 6.45) is 0.862. The molecule has 23 heavy (non-hydrogen) atoms. The van der Waals surface area contributed by atoms with Crippen LogP contribution in [0, 0.1) is 17.0 Å². The molecule has 0 bridgehead atoms. The predicted octanol–water partition coefficient (Wildman–Crippen LogP) is 3.23. The van der Waals surface area contributed by atoms with Crippen LogP contribution in [-0.2, 0) is 0 Å². The Balaban J connectivity index is 2.41. The molecule has 0 spiro atoms. The van der Waals surface area contributed by atoms with Gasteiger partial charge in [-0.3, -0.25) is 10.1 Å². The standard InChI is InChI=1S/C15H20N6O2/c1-4-10(3)17-15-19-13(16)12(21(22)23)14(20-15)18-11-7-5-9(2)6-8-11/h5-8,10H,4H2,1-3H3,(H4,16,17,18,19,20). The van der Waals surface area contributed by atoms with Crippen LogP contribution in [0.3, 0.4) is 0 Å². The zero-order chi connectivity index (χ0) is 17.0. The predicted molar refractivity (Wildman–Crippen MR) is 90.9 cm³/mol. The lowest BCUT2D eigenvalue weighted by molar-refractivity contribution is -0.383. The monoisotopic (exact) mass is 316 g/mol. The van der Waals surface area contributed by atoms with Gasteiger partial charge in [0.2, 0.25) is 17.6 Å². The molecule has 8 heteroatoms. The lowest BCUT2D eigenvalue weighted by Crippen LogP contribution is -2.17. The van der Waals surface area contributed by atoms with E-state index in [-0.39, 0.29) is 29.3 Å². The minimum Gasteiger partial charge on any atom is -0.378 e.